The minimum absolute atomic E-state index is 0.251. The van der Waals surface area contributed by atoms with Crippen molar-refractivity contribution in [2.45, 2.75) is 32.9 Å². The minimum atomic E-state index is -0.609. The number of nitrogens with zero attached hydrogens (tertiary/aromatic N) is 3. The fourth-order valence-corrected chi connectivity index (χ4v) is 4.26. The molecule has 0 fully saturated rings. The van der Waals surface area contributed by atoms with Gasteiger partial charge in [0.25, 0.3) is 5.91 Å². The van der Waals surface area contributed by atoms with Gasteiger partial charge in [0.15, 0.2) is 17.3 Å². The van der Waals surface area contributed by atoms with Gasteiger partial charge in [-0.05, 0) is 49.2 Å². The number of nitrogens with one attached hydrogen (secondary N) is 2. The van der Waals surface area contributed by atoms with Crippen molar-refractivity contribution in [2.24, 2.45) is 0 Å². The Labute approximate surface area is 201 Å². The second-order valence-corrected chi connectivity index (χ2v) is 8.60. The number of allylic oxidation sites excluding steroid dienone is 1. The Kier molecular flexibility index (Phi) is 5.89. The minimum Gasteiger partial charge on any atom is -0.490 e. The van der Waals surface area contributed by atoms with E-state index >= 15 is 0 Å². The van der Waals surface area contributed by atoms with E-state index in [4.69, 9.17) is 21.1 Å². The zero-order valence-electron chi connectivity index (χ0n) is 18.8. The van der Waals surface area contributed by atoms with E-state index in [1.165, 1.54) is 0 Å². The summed E-state index contributed by atoms with van der Waals surface area (Å²) in [6.07, 6.45) is 0.788. The normalized spacial score (nSPS) is 17.0. The first-order valence-electron chi connectivity index (χ1n) is 11.0. The van der Waals surface area contributed by atoms with Crippen LogP contribution in [0.15, 0.2) is 47.7 Å². The lowest BCUT2D eigenvalue weighted by Gasteiger charge is -2.29. The maximum absolute atomic E-state index is 13.6. The first kappa shape index (κ1) is 22.2. The monoisotopic (exact) mass is 481 g/mol. The molecule has 2 aliphatic heterocycles. The van der Waals surface area contributed by atoms with Crippen LogP contribution in [0.1, 0.15) is 36.3 Å². The van der Waals surface area contributed by atoms with Crippen molar-refractivity contribution in [1.82, 2.24) is 14.8 Å². The van der Waals surface area contributed by atoms with E-state index in [0.717, 1.165) is 17.5 Å². The lowest BCUT2D eigenvalue weighted by atomic mass is 9.94. The quantitative estimate of drug-likeness (QED) is 0.519. The summed E-state index contributed by atoms with van der Waals surface area (Å²) in [4.78, 5) is 17.9. The highest BCUT2D eigenvalue weighted by Gasteiger charge is 2.35. The lowest BCUT2D eigenvalue weighted by Crippen LogP contribution is -2.31. The number of halogens is 1. The third kappa shape index (κ3) is 4.08. The van der Waals surface area contributed by atoms with Crippen LogP contribution in [0.3, 0.4) is 0 Å². The third-order valence-electron chi connectivity index (χ3n) is 5.80. The predicted molar refractivity (Wildman–Crippen MR) is 127 cm³/mol. The van der Waals surface area contributed by atoms with Gasteiger partial charge in [-0.15, -0.1) is 0 Å². The number of hydrogen-bond acceptors (Lipinski definition) is 7. The average molecular weight is 482 g/mol. The molecule has 9 nitrogen and oxygen atoms in total. The summed E-state index contributed by atoms with van der Waals surface area (Å²) in [5.74, 6) is 1.65. The topological polar surface area (TPSA) is 111 Å². The molecule has 176 valence electrons. The van der Waals surface area contributed by atoms with Crippen molar-refractivity contribution < 1.29 is 19.4 Å². The molecular weight excluding hydrogens is 458 g/mol. The van der Waals surface area contributed by atoms with Crippen LogP contribution in [0.2, 0.25) is 5.02 Å². The summed E-state index contributed by atoms with van der Waals surface area (Å²) in [5.41, 5.74) is 3.35. The Bertz CT molecular complexity index is 1300. The van der Waals surface area contributed by atoms with Crippen molar-refractivity contribution >= 4 is 29.1 Å². The molecule has 3 heterocycles. The number of aliphatic hydroxyl groups excluding tert-OH is 1. The molecule has 34 heavy (non-hydrogen) atoms. The van der Waals surface area contributed by atoms with Crippen LogP contribution >= 0.6 is 11.6 Å². The van der Waals surface area contributed by atoms with E-state index in [-0.39, 0.29) is 18.3 Å². The van der Waals surface area contributed by atoms with Gasteiger partial charge in [-0.1, -0.05) is 23.7 Å². The summed E-state index contributed by atoms with van der Waals surface area (Å²) in [6.45, 7) is 4.51. The molecule has 5 rings (SSSR count). The van der Waals surface area contributed by atoms with Gasteiger partial charge in [-0.3, -0.25) is 4.79 Å². The molecule has 0 aliphatic carbocycles. The van der Waals surface area contributed by atoms with Crippen LogP contribution < -0.4 is 20.1 Å². The van der Waals surface area contributed by atoms with Gasteiger partial charge < -0.3 is 25.2 Å². The molecule has 1 unspecified atom stereocenters. The fourth-order valence-electron chi connectivity index (χ4n) is 4.08. The molecule has 2 aromatic carbocycles. The smallest absolute Gasteiger partial charge is 0.255 e. The van der Waals surface area contributed by atoms with Gasteiger partial charge in [-0.25, -0.2) is 4.68 Å². The number of aromatic nitrogens is 3. The number of aryl methyl sites for hydroxylation is 1. The molecule has 1 amide bonds. The first-order valence-corrected chi connectivity index (χ1v) is 11.3. The number of carbonyl (C=O) groups excluding carboxylic acids is 1. The van der Waals surface area contributed by atoms with Crippen LogP contribution in [-0.4, -0.2) is 39.0 Å². The van der Waals surface area contributed by atoms with Gasteiger partial charge in [-0.2, -0.15) is 10.1 Å². The van der Waals surface area contributed by atoms with E-state index in [1.54, 1.807) is 16.8 Å². The molecule has 2 aliphatic rings. The SMILES string of the molecule is CC1=C(C(=O)Nc2ccc(C)c(Cl)c2)C(c2ccc3c(c2)OCCCO3)n2nc(CO)nc2N1. The summed E-state index contributed by atoms with van der Waals surface area (Å²) >= 11 is 6.26. The van der Waals surface area contributed by atoms with Gasteiger partial charge in [0.1, 0.15) is 12.6 Å². The third-order valence-corrected chi connectivity index (χ3v) is 6.21. The van der Waals surface area contributed by atoms with E-state index in [2.05, 4.69) is 20.7 Å². The highest BCUT2D eigenvalue weighted by Crippen LogP contribution is 2.40. The van der Waals surface area contributed by atoms with Crippen LogP contribution in [0.25, 0.3) is 0 Å². The molecule has 0 spiro atoms. The molecular formula is C24H24ClN5O4. The van der Waals surface area contributed by atoms with Crippen molar-refractivity contribution in [3.8, 4) is 11.5 Å². The first-order chi connectivity index (χ1) is 16.4. The van der Waals surface area contributed by atoms with E-state index in [0.29, 0.717) is 52.6 Å². The van der Waals surface area contributed by atoms with Gasteiger partial charge in [0, 0.05) is 22.8 Å². The highest BCUT2D eigenvalue weighted by molar-refractivity contribution is 6.31. The van der Waals surface area contributed by atoms with Crippen molar-refractivity contribution in [2.75, 3.05) is 23.8 Å². The van der Waals surface area contributed by atoms with Gasteiger partial charge in [0.2, 0.25) is 5.95 Å². The maximum Gasteiger partial charge on any atom is 0.255 e. The number of carbonyl (C=O) groups is 1. The number of benzene rings is 2. The van der Waals surface area contributed by atoms with Gasteiger partial charge in [0.05, 0.1) is 18.8 Å². The molecule has 0 bridgehead atoms. The molecule has 3 aromatic rings. The standard InChI is InChI=1S/C24H24ClN5O4/c1-13-4-6-16(11-17(13)25)27-23(32)21-14(2)26-24-28-20(12-31)29-30(24)22(21)15-5-7-18-19(10-15)34-9-3-8-33-18/h4-7,10-11,22,31H,3,8-9,12H2,1-2H3,(H,27,32)(H,26,28,29). The fraction of sp³-hybridized carbons (Fsp3) is 0.292. The van der Waals surface area contributed by atoms with Crippen LogP contribution in [0.4, 0.5) is 11.6 Å². The predicted octanol–water partition coefficient (Wildman–Crippen LogP) is 3.82. The van der Waals surface area contributed by atoms with Crippen LogP contribution in [0.5, 0.6) is 11.5 Å². The number of hydrogen-bond donors (Lipinski definition) is 3. The van der Waals surface area contributed by atoms with Crippen LogP contribution in [0, 0.1) is 6.92 Å². The molecule has 0 saturated heterocycles. The Morgan fingerprint density at radius 3 is 2.76 bits per heavy atom. The summed E-state index contributed by atoms with van der Waals surface area (Å²) in [5, 5.41) is 20.7. The molecule has 0 saturated carbocycles. The Hall–Kier alpha value is -3.56. The number of aliphatic hydroxyl groups is 1. The Balaban J connectivity index is 1.58. The number of fused-ring (bicyclic) bond motifs is 2. The van der Waals surface area contributed by atoms with Gasteiger partial charge >= 0.3 is 0 Å². The number of rotatable bonds is 4. The molecule has 3 N–H and O–H groups in total. The van der Waals surface area contributed by atoms with E-state index in [9.17, 15) is 9.90 Å². The average Bonchev–Trinajstić information content (AvgIpc) is 3.08. The lowest BCUT2D eigenvalue weighted by molar-refractivity contribution is -0.113. The maximum atomic E-state index is 13.6. The second kappa shape index (κ2) is 9.00. The Morgan fingerprint density at radius 1 is 1.21 bits per heavy atom. The number of anilines is 2. The Morgan fingerprint density at radius 2 is 2.00 bits per heavy atom. The summed E-state index contributed by atoms with van der Waals surface area (Å²) in [6, 6.07) is 10.4. The summed E-state index contributed by atoms with van der Waals surface area (Å²) < 4.78 is 13.3. The molecule has 1 aromatic heterocycles. The largest absolute Gasteiger partial charge is 0.490 e. The van der Waals surface area contributed by atoms with Crippen molar-refractivity contribution in [3.05, 3.63) is 69.6 Å². The van der Waals surface area contributed by atoms with Crippen molar-refractivity contribution in [1.29, 1.82) is 0 Å². The molecule has 10 heteroatoms. The molecule has 1 atom stereocenters. The highest BCUT2D eigenvalue weighted by atomic mass is 35.5. The van der Waals surface area contributed by atoms with Crippen LogP contribution in [-0.2, 0) is 11.4 Å². The number of amides is 1. The molecule has 0 radical (unpaired) electrons. The number of ether oxygens (including phenoxy) is 2. The zero-order valence-corrected chi connectivity index (χ0v) is 19.5. The van der Waals surface area contributed by atoms with E-state index in [1.807, 2.05) is 38.1 Å². The van der Waals surface area contributed by atoms with Crippen molar-refractivity contribution in [3.63, 3.8) is 0 Å². The second-order valence-electron chi connectivity index (χ2n) is 8.20. The zero-order chi connectivity index (χ0) is 23.8. The van der Waals surface area contributed by atoms with E-state index < -0.39 is 6.04 Å². The summed E-state index contributed by atoms with van der Waals surface area (Å²) in [7, 11) is 0.